The van der Waals surface area contributed by atoms with E-state index in [0.717, 1.165) is 21.3 Å². The fourth-order valence-corrected chi connectivity index (χ4v) is 3.24. The predicted octanol–water partition coefficient (Wildman–Crippen LogP) is 2.43. The third kappa shape index (κ3) is 3.45. The summed E-state index contributed by atoms with van der Waals surface area (Å²) in [6.45, 7) is 4.74. The van der Waals surface area contributed by atoms with Gasteiger partial charge in [-0.2, -0.15) is 0 Å². The summed E-state index contributed by atoms with van der Waals surface area (Å²) in [6, 6.07) is 3.77. The van der Waals surface area contributed by atoms with E-state index in [1.54, 1.807) is 23.7 Å². The van der Waals surface area contributed by atoms with E-state index in [1.165, 1.54) is 11.2 Å². The number of hydrogen-bond donors (Lipinski definition) is 2. The summed E-state index contributed by atoms with van der Waals surface area (Å²) in [4.78, 5) is 26.7. The van der Waals surface area contributed by atoms with Gasteiger partial charge in [0.15, 0.2) is 0 Å². The molecule has 7 heteroatoms. The van der Waals surface area contributed by atoms with Gasteiger partial charge in [-0.25, -0.2) is 9.97 Å². The highest BCUT2D eigenvalue weighted by atomic mass is 32.1. The molecule has 2 N–H and O–H groups in total. The molecular weight excluding hydrogens is 310 g/mol. The quantitative estimate of drug-likeness (QED) is 0.752. The van der Waals surface area contributed by atoms with Crippen LogP contribution in [-0.4, -0.2) is 27.4 Å². The van der Waals surface area contributed by atoms with E-state index in [0.29, 0.717) is 12.4 Å². The van der Waals surface area contributed by atoms with E-state index >= 15 is 0 Å². The van der Waals surface area contributed by atoms with Crippen LogP contribution in [0.15, 0.2) is 30.9 Å². The molecule has 3 aromatic rings. The largest absolute Gasteiger partial charge is 0.360 e. The predicted molar refractivity (Wildman–Crippen MR) is 91.5 cm³/mol. The number of hydrogen-bond acceptors (Lipinski definition) is 6. The van der Waals surface area contributed by atoms with E-state index in [9.17, 15) is 4.79 Å². The van der Waals surface area contributed by atoms with Gasteiger partial charge >= 0.3 is 0 Å². The molecule has 0 atom stereocenters. The average molecular weight is 327 g/mol. The topological polar surface area (TPSA) is 79.8 Å². The zero-order valence-corrected chi connectivity index (χ0v) is 13.8. The average Bonchev–Trinajstić information content (AvgIpc) is 2.87. The summed E-state index contributed by atoms with van der Waals surface area (Å²) in [5.74, 6) is 0.610. The number of aryl methyl sites for hydroxylation is 2. The molecule has 3 rings (SSSR count). The van der Waals surface area contributed by atoms with Gasteiger partial charge in [0.2, 0.25) is 5.91 Å². The molecule has 0 unspecified atom stereocenters. The fourth-order valence-electron chi connectivity index (χ4n) is 2.25. The minimum atomic E-state index is -0.0924. The number of thiophene rings is 1. The van der Waals surface area contributed by atoms with Crippen molar-refractivity contribution in [2.75, 3.05) is 11.9 Å². The first-order valence-corrected chi connectivity index (χ1v) is 8.07. The maximum atomic E-state index is 12.0. The van der Waals surface area contributed by atoms with Crippen molar-refractivity contribution >= 4 is 33.3 Å². The first kappa shape index (κ1) is 15.4. The second-order valence-corrected chi connectivity index (χ2v) is 6.38. The lowest BCUT2D eigenvalue weighted by Crippen LogP contribution is -2.29. The van der Waals surface area contributed by atoms with Crippen LogP contribution in [0.5, 0.6) is 0 Å². The number of nitrogens with one attached hydrogen (secondary N) is 2. The van der Waals surface area contributed by atoms with E-state index in [4.69, 9.17) is 0 Å². The number of nitrogens with zero attached hydrogens (tertiary/aromatic N) is 3. The summed E-state index contributed by atoms with van der Waals surface area (Å²) in [5, 5.41) is 6.96. The smallest absolute Gasteiger partial charge is 0.239 e. The van der Waals surface area contributed by atoms with Crippen molar-refractivity contribution in [1.82, 2.24) is 20.3 Å². The van der Waals surface area contributed by atoms with E-state index in [2.05, 4.69) is 32.5 Å². The number of carbonyl (C=O) groups excluding carboxylic acids is 1. The standard InChI is InChI=1S/C16H17N5OS/c1-10-11(2)23-16-14(10)15(20-9-21-16)19-8-13(22)18-7-12-4-3-5-17-6-12/h3-6,9H,7-8H2,1-2H3,(H,18,22)(H,19,20,21). The Labute approximate surface area is 138 Å². The highest BCUT2D eigenvalue weighted by Crippen LogP contribution is 2.32. The van der Waals surface area contributed by atoms with E-state index in [1.807, 2.05) is 19.1 Å². The molecule has 0 aliphatic carbocycles. The van der Waals surface area contributed by atoms with Crippen LogP contribution >= 0.6 is 11.3 Å². The SMILES string of the molecule is Cc1sc2ncnc(NCC(=O)NCc3cccnc3)c2c1C. The maximum Gasteiger partial charge on any atom is 0.239 e. The van der Waals surface area contributed by atoms with Crippen LogP contribution in [0.25, 0.3) is 10.2 Å². The third-order valence-electron chi connectivity index (χ3n) is 3.59. The maximum absolute atomic E-state index is 12.0. The Kier molecular flexibility index (Phi) is 4.47. The Morgan fingerprint density at radius 1 is 1.30 bits per heavy atom. The molecule has 0 bridgehead atoms. The zero-order chi connectivity index (χ0) is 16.2. The van der Waals surface area contributed by atoms with Crippen LogP contribution < -0.4 is 10.6 Å². The van der Waals surface area contributed by atoms with Gasteiger partial charge in [-0.3, -0.25) is 9.78 Å². The molecule has 0 aliphatic heterocycles. The van der Waals surface area contributed by atoms with Crippen molar-refractivity contribution in [2.24, 2.45) is 0 Å². The Morgan fingerprint density at radius 3 is 2.96 bits per heavy atom. The number of amides is 1. The fraction of sp³-hybridized carbons (Fsp3) is 0.250. The lowest BCUT2D eigenvalue weighted by molar-refractivity contribution is -0.119. The van der Waals surface area contributed by atoms with Crippen LogP contribution in [0, 0.1) is 13.8 Å². The number of carbonyl (C=O) groups is 1. The normalized spacial score (nSPS) is 10.7. The summed E-state index contributed by atoms with van der Waals surface area (Å²) in [7, 11) is 0. The molecule has 118 valence electrons. The molecule has 0 saturated heterocycles. The van der Waals surface area contributed by atoms with Crippen molar-refractivity contribution in [3.05, 3.63) is 46.9 Å². The molecule has 23 heavy (non-hydrogen) atoms. The minimum Gasteiger partial charge on any atom is -0.360 e. The lowest BCUT2D eigenvalue weighted by Gasteiger charge is -2.08. The second-order valence-electron chi connectivity index (χ2n) is 5.18. The first-order chi connectivity index (χ1) is 11.1. The van der Waals surface area contributed by atoms with Gasteiger partial charge in [-0.05, 0) is 31.0 Å². The van der Waals surface area contributed by atoms with Gasteiger partial charge < -0.3 is 10.6 Å². The molecule has 0 radical (unpaired) electrons. The zero-order valence-electron chi connectivity index (χ0n) is 13.0. The van der Waals surface area contributed by atoms with Gasteiger partial charge in [-0.15, -0.1) is 11.3 Å². The number of fused-ring (bicyclic) bond motifs is 1. The molecule has 3 aromatic heterocycles. The van der Waals surface area contributed by atoms with Gasteiger partial charge in [0.25, 0.3) is 0 Å². The van der Waals surface area contributed by atoms with Gasteiger partial charge in [0, 0.05) is 23.8 Å². The Morgan fingerprint density at radius 2 is 2.17 bits per heavy atom. The Hall–Kier alpha value is -2.54. The van der Waals surface area contributed by atoms with E-state index in [-0.39, 0.29) is 12.5 Å². The summed E-state index contributed by atoms with van der Waals surface area (Å²) in [5.41, 5.74) is 2.12. The van der Waals surface area contributed by atoms with Crippen molar-refractivity contribution in [2.45, 2.75) is 20.4 Å². The third-order valence-corrected chi connectivity index (χ3v) is 4.71. The van der Waals surface area contributed by atoms with Crippen molar-refractivity contribution in [1.29, 1.82) is 0 Å². The van der Waals surface area contributed by atoms with Crippen molar-refractivity contribution in [3.8, 4) is 0 Å². The summed E-state index contributed by atoms with van der Waals surface area (Å²) in [6.07, 6.45) is 4.96. The van der Waals surface area contributed by atoms with Crippen molar-refractivity contribution < 1.29 is 4.79 Å². The first-order valence-electron chi connectivity index (χ1n) is 7.25. The van der Waals surface area contributed by atoms with Crippen LogP contribution in [0.2, 0.25) is 0 Å². The Bertz CT molecular complexity index is 831. The van der Waals surface area contributed by atoms with Gasteiger partial charge in [0.05, 0.1) is 11.9 Å². The number of pyridine rings is 1. The molecule has 0 spiro atoms. The molecule has 0 aliphatic rings. The number of aromatic nitrogens is 3. The minimum absolute atomic E-state index is 0.0924. The van der Waals surface area contributed by atoms with Gasteiger partial charge in [-0.1, -0.05) is 6.07 Å². The molecule has 0 fully saturated rings. The molecule has 0 saturated carbocycles. The van der Waals surface area contributed by atoms with Crippen LogP contribution in [0.1, 0.15) is 16.0 Å². The summed E-state index contributed by atoms with van der Waals surface area (Å²) >= 11 is 1.64. The molecule has 3 heterocycles. The van der Waals surface area contributed by atoms with Crippen molar-refractivity contribution in [3.63, 3.8) is 0 Å². The van der Waals surface area contributed by atoms with Crippen LogP contribution in [0.4, 0.5) is 5.82 Å². The van der Waals surface area contributed by atoms with E-state index < -0.39 is 0 Å². The number of rotatable bonds is 5. The monoisotopic (exact) mass is 327 g/mol. The molecule has 1 amide bonds. The second kappa shape index (κ2) is 6.70. The highest BCUT2D eigenvalue weighted by molar-refractivity contribution is 7.18. The Balaban J connectivity index is 1.63. The van der Waals surface area contributed by atoms with Crippen LogP contribution in [-0.2, 0) is 11.3 Å². The van der Waals surface area contributed by atoms with Gasteiger partial charge in [0.1, 0.15) is 17.0 Å². The molecule has 6 nitrogen and oxygen atoms in total. The molecular formula is C16H17N5OS. The summed E-state index contributed by atoms with van der Waals surface area (Å²) < 4.78 is 0. The van der Waals surface area contributed by atoms with Crippen LogP contribution in [0.3, 0.4) is 0 Å². The number of anilines is 1. The lowest BCUT2D eigenvalue weighted by atomic mass is 10.2. The molecule has 0 aromatic carbocycles. The highest BCUT2D eigenvalue weighted by Gasteiger charge is 2.12.